The predicted molar refractivity (Wildman–Crippen MR) is 101 cm³/mol. The summed E-state index contributed by atoms with van der Waals surface area (Å²) in [6, 6.07) is 6.87. The molecule has 0 saturated heterocycles. The topological polar surface area (TPSA) is 45.7 Å². The number of ether oxygens (including phenoxy) is 1. The first-order valence-corrected chi connectivity index (χ1v) is 9.54. The van der Waals surface area contributed by atoms with Gasteiger partial charge in [-0.25, -0.2) is 4.98 Å². The molecule has 3 fully saturated rings. The number of carbonyl (C=O) groups is 1. The van der Waals surface area contributed by atoms with Crippen LogP contribution in [0.2, 0.25) is 0 Å². The van der Waals surface area contributed by atoms with Crippen molar-refractivity contribution in [2.24, 2.45) is 5.92 Å². The van der Waals surface area contributed by atoms with E-state index in [0.717, 1.165) is 31.4 Å². The average Bonchev–Trinajstić information content (AvgIpc) is 2.60. The Balaban J connectivity index is 1.61. The smallest absolute Gasteiger partial charge is 0.416 e. The first-order chi connectivity index (χ1) is 13.7. The molecule has 152 valence electrons. The second-order valence-electron chi connectivity index (χ2n) is 8.19. The summed E-state index contributed by atoms with van der Waals surface area (Å²) in [7, 11) is 1.52. The largest absolute Gasteiger partial charge is 0.481 e. The molecule has 0 spiro atoms. The highest BCUT2D eigenvalue weighted by Gasteiger charge is 2.61. The Morgan fingerprint density at radius 2 is 1.86 bits per heavy atom. The Morgan fingerprint density at radius 3 is 2.41 bits per heavy atom. The number of amides is 1. The lowest BCUT2D eigenvalue weighted by Gasteiger charge is -2.68. The lowest BCUT2D eigenvalue weighted by atomic mass is 9.49. The Bertz CT molecular complexity index is 1000. The van der Waals surface area contributed by atoms with E-state index in [9.17, 15) is 18.0 Å². The van der Waals surface area contributed by atoms with Gasteiger partial charge in [0, 0.05) is 11.6 Å². The number of benzene rings is 1. The third kappa shape index (κ3) is 2.61. The van der Waals surface area contributed by atoms with Crippen LogP contribution in [0.5, 0.6) is 5.88 Å². The number of carbonyl (C=O) groups excluding carboxylic acids is 1. The Kier molecular flexibility index (Phi) is 3.70. The molecule has 5 nitrogen and oxygen atoms in total. The predicted octanol–water partition coefficient (Wildman–Crippen LogP) is 4.39. The van der Waals surface area contributed by atoms with Crippen molar-refractivity contribution in [3.05, 3.63) is 47.2 Å². The van der Waals surface area contributed by atoms with E-state index in [0.29, 0.717) is 34.4 Å². The molecule has 0 radical (unpaired) electrons. The summed E-state index contributed by atoms with van der Waals surface area (Å²) in [5.41, 5.74) is 1.08. The number of alkyl halides is 3. The minimum absolute atomic E-state index is 0.142. The molecule has 1 aromatic heterocycles. The highest BCUT2D eigenvalue weighted by Crippen LogP contribution is 2.62. The van der Waals surface area contributed by atoms with Crippen molar-refractivity contribution >= 4 is 17.3 Å². The molecule has 4 aliphatic rings. The molecule has 0 N–H and O–H groups in total. The summed E-state index contributed by atoms with van der Waals surface area (Å²) in [6.45, 7) is 2.01. The highest BCUT2D eigenvalue weighted by molar-refractivity contribution is 6.12. The van der Waals surface area contributed by atoms with Crippen molar-refractivity contribution in [2.75, 3.05) is 23.6 Å². The van der Waals surface area contributed by atoms with Crippen LogP contribution in [0.3, 0.4) is 0 Å². The van der Waals surface area contributed by atoms with Crippen molar-refractivity contribution < 1.29 is 22.7 Å². The molecule has 2 aromatic rings. The van der Waals surface area contributed by atoms with Crippen LogP contribution in [-0.4, -0.2) is 30.2 Å². The maximum absolute atomic E-state index is 13.3. The van der Waals surface area contributed by atoms with Gasteiger partial charge in [0.1, 0.15) is 0 Å². The number of anilines is 2. The lowest BCUT2D eigenvalue weighted by Crippen LogP contribution is -2.71. The number of hydrogen-bond donors (Lipinski definition) is 0. The number of pyridine rings is 1. The maximum atomic E-state index is 13.3. The second-order valence-corrected chi connectivity index (χ2v) is 8.19. The molecule has 1 aromatic carbocycles. The fourth-order valence-electron chi connectivity index (χ4n) is 4.82. The number of hydrogen-bond acceptors (Lipinski definition) is 4. The van der Waals surface area contributed by atoms with Gasteiger partial charge in [0.25, 0.3) is 5.91 Å². The summed E-state index contributed by atoms with van der Waals surface area (Å²) in [4.78, 5) is 21.2. The summed E-state index contributed by atoms with van der Waals surface area (Å²) in [5.74, 6) is 0.786. The fraction of sp³-hybridized carbons (Fsp3) is 0.429. The van der Waals surface area contributed by atoms with E-state index < -0.39 is 11.7 Å². The minimum Gasteiger partial charge on any atom is -0.481 e. The third-order valence-electron chi connectivity index (χ3n) is 6.49. The van der Waals surface area contributed by atoms with Crippen LogP contribution < -0.4 is 14.5 Å². The molecular weight excluding hydrogens is 383 g/mol. The summed E-state index contributed by atoms with van der Waals surface area (Å²) < 4.78 is 45.1. The van der Waals surface area contributed by atoms with Crippen LogP contribution >= 0.6 is 0 Å². The van der Waals surface area contributed by atoms with Crippen LogP contribution in [0.15, 0.2) is 30.3 Å². The SMILES string of the molecule is COc1ccc(N2CN(C34CC(C3)C4)c3cc(C(F)(F)F)ccc3C2=O)c(C)n1. The molecule has 2 heterocycles. The third-order valence-corrected chi connectivity index (χ3v) is 6.49. The van der Waals surface area contributed by atoms with E-state index in [1.54, 1.807) is 24.0 Å². The number of fused-ring (bicyclic) bond motifs is 1. The summed E-state index contributed by atoms with van der Waals surface area (Å²) in [5, 5.41) is 0. The Labute approximate surface area is 166 Å². The molecule has 1 amide bonds. The Morgan fingerprint density at radius 1 is 1.14 bits per heavy atom. The standard InChI is InChI=1S/C21H20F3N3O2/c1-12-16(5-6-18(25-12)29-2)26-11-27(20-8-13(9-20)10-20)17-7-14(21(22,23)24)3-4-15(17)19(26)28/h3-7,13H,8-11H2,1-2H3. The molecule has 6 rings (SSSR count). The van der Waals surface area contributed by atoms with Crippen LogP contribution in [0, 0.1) is 12.8 Å². The molecule has 0 unspecified atom stereocenters. The number of rotatable bonds is 3. The van der Waals surface area contributed by atoms with Crippen LogP contribution in [0.1, 0.15) is 40.9 Å². The lowest BCUT2D eigenvalue weighted by molar-refractivity contribution is -0.137. The summed E-state index contributed by atoms with van der Waals surface area (Å²) >= 11 is 0. The Hall–Kier alpha value is -2.77. The molecule has 8 heteroatoms. The quantitative estimate of drug-likeness (QED) is 0.762. The van der Waals surface area contributed by atoms with Gasteiger partial charge in [-0.05, 0) is 56.4 Å². The zero-order valence-corrected chi connectivity index (χ0v) is 16.1. The van der Waals surface area contributed by atoms with E-state index in [1.165, 1.54) is 13.2 Å². The zero-order chi connectivity index (χ0) is 20.6. The van der Waals surface area contributed by atoms with Gasteiger partial charge < -0.3 is 9.64 Å². The van der Waals surface area contributed by atoms with Gasteiger partial charge in [-0.1, -0.05) is 0 Å². The number of halogens is 3. The average molecular weight is 403 g/mol. The van der Waals surface area contributed by atoms with Crippen molar-refractivity contribution in [1.29, 1.82) is 0 Å². The van der Waals surface area contributed by atoms with E-state index in [2.05, 4.69) is 4.98 Å². The van der Waals surface area contributed by atoms with Crippen molar-refractivity contribution in [2.45, 2.75) is 37.9 Å². The number of nitrogens with zero attached hydrogens (tertiary/aromatic N) is 3. The van der Waals surface area contributed by atoms with Gasteiger partial charge >= 0.3 is 6.18 Å². The van der Waals surface area contributed by atoms with Gasteiger partial charge in [0.05, 0.1) is 42.0 Å². The number of aromatic nitrogens is 1. The van der Waals surface area contributed by atoms with E-state index >= 15 is 0 Å². The molecule has 2 bridgehead atoms. The monoisotopic (exact) mass is 403 g/mol. The molecule has 3 saturated carbocycles. The van der Waals surface area contributed by atoms with Crippen LogP contribution in [0.4, 0.5) is 24.5 Å². The highest BCUT2D eigenvalue weighted by atomic mass is 19.4. The first-order valence-electron chi connectivity index (χ1n) is 9.54. The molecule has 29 heavy (non-hydrogen) atoms. The van der Waals surface area contributed by atoms with Gasteiger partial charge in [0.2, 0.25) is 5.88 Å². The van der Waals surface area contributed by atoms with E-state index in [1.807, 2.05) is 4.90 Å². The molecule has 3 aliphatic carbocycles. The van der Waals surface area contributed by atoms with Gasteiger partial charge in [-0.3, -0.25) is 9.69 Å². The van der Waals surface area contributed by atoms with Crippen molar-refractivity contribution in [1.82, 2.24) is 4.98 Å². The second kappa shape index (κ2) is 5.87. The van der Waals surface area contributed by atoms with E-state index in [-0.39, 0.29) is 18.1 Å². The number of aryl methyl sites for hydroxylation is 1. The maximum Gasteiger partial charge on any atom is 0.416 e. The molecule has 0 atom stereocenters. The normalized spacial score (nSPS) is 25.3. The number of methoxy groups -OCH3 is 1. The fourth-order valence-corrected chi connectivity index (χ4v) is 4.82. The minimum atomic E-state index is -4.45. The first kappa shape index (κ1) is 18.3. The van der Waals surface area contributed by atoms with Gasteiger partial charge in [0.15, 0.2) is 0 Å². The van der Waals surface area contributed by atoms with Gasteiger partial charge in [-0.2, -0.15) is 13.2 Å². The zero-order valence-electron chi connectivity index (χ0n) is 16.1. The van der Waals surface area contributed by atoms with Crippen molar-refractivity contribution in [3.8, 4) is 5.88 Å². The van der Waals surface area contributed by atoms with Crippen molar-refractivity contribution in [3.63, 3.8) is 0 Å². The molecular formula is C21H20F3N3O2. The summed E-state index contributed by atoms with van der Waals surface area (Å²) in [6.07, 6.45) is -1.56. The van der Waals surface area contributed by atoms with Crippen LogP contribution in [-0.2, 0) is 6.18 Å². The van der Waals surface area contributed by atoms with Gasteiger partial charge in [-0.15, -0.1) is 0 Å². The van der Waals surface area contributed by atoms with E-state index in [4.69, 9.17) is 4.74 Å². The van der Waals surface area contributed by atoms with Crippen LogP contribution in [0.25, 0.3) is 0 Å². The molecule has 1 aliphatic heterocycles.